The summed E-state index contributed by atoms with van der Waals surface area (Å²) >= 11 is 0. The van der Waals surface area contributed by atoms with Crippen LogP contribution in [0.2, 0.25) is 0 Å². The number of pyridine rings is 1. The molecule has 1 aliphatic rings. The lowest BCUT2D eigenvalue weighted by atomic mass is 10.1. The summed E-state index contributed by atoms with van der Waals surface area (Å²) in [7, 11) is 1.55. The monoisotopic (exact) mass is 346 g/mol. The van der Waals surface area contributed by atoms with Gasteiger partial charge in [0.15, 0.2) is 0 Å². The number of aliphatic carboxylic acids is 1. The van der Waals surface area contributed by atoms with Crippen LogP contribution in [0, 0.1) is 12.7 Å². The number of methoxy groups -OCH3 is 1. The molecule has 1 aliphatic heterocycles. The summed E-state index contributed by atoms with van der Waals surface area (Å²) in [6, 6.07) is 5.47. The molecule has 25 heavy (non-hydrogen) atoms. The molecule has 0 aliphatic carbocycles. The Balaban J connectivity index is 1.95. The molecule has 0 saturated carbocycles. The van der Waals surface area contributed by atoms with Crippen molar-refractivity contribution < 1.29 is 23.8 Å². The summed E-state index contributed by atoms with van der Waals surface area (Å²) in [6.07, 6.45) is 0.174. The minimum atomic E-state index is -0.955. The van der Waals surface area contributed by atoms with E-state index in [1.807, 2.05) is 0 Å². The van der Waals surface area contributed by atoms with E-state index in [2.05, 4.69) is 4.98 Å². The maximum atomic E-state index is 13.3. The summed E-state index contributed by atoms with van der Waals surface area (Å²) < 4.78 is 18.7. The lowest BCUT2D eigenvalue weighted by molar-refractivity contribution is -0.137. The predicted octanol–water partition coefficient (Wildman–Crippen LogP) is 2.39. The number of hydrogen-bond donors (Lipinski definition) is 1. The maximum absolute atomic E-state index is 13.3. The molecule has 2 aromatic rings. The molecule has 1 aromatic carbocycles. The first kappa shape index (κ1) is 17.3. The number of ether oxygens (including phenoxy) is 1. The highest BCUT2D eigenvalue weighted by molar-refractivity contribution is 5.99. The highest BCUT2D eigenvalue weighted by Gasteiger charge is 2.37. The van der Waals surface area contributed by atoms with Crippen molar-refractivity contribution in [3.63, 3.8) is 0 Å². The molecule has 2 heterocycles. The lowest BCUT2D eigenvalue weighted by Gasteiger charge is -2.24. The van der Waals surface area contributed by atoms with Crippen molar-refractivity contribution in [3.05, 3.63) is 41.3 Å². The van der Waals surface area contributed by atoms with Gasteiger partial charge in [-0.3, -0.25) is 14.6 Å². The van der Waals surface area contributed by atoms with E-state index in [4.69, 9.17) is 9.84 Å². The van der Waals surface area contributed by atoms with Gasteiger partial charge in [0.2, 0.25) is 0 Å². The molecule has 2 atom stereocenters. The molecule has 1 aromatic heterocycles. The predicted molar refractivity (Wildman–Crippen MR) is 88.9 cm³/mol. The Labute approximate surface area is 144 Å². The molecular weight excluding hydrogens is 327 g/mol. The van der Waals surface area contributed by atoms with E-state index < -0.39 is 12.0 Å². The number of nitrogens with zero attached hydrogens (tertiary/aromatic N) is 2. The fraction of sp³-hybridized carbons (Fsp3) is 0.389. The van der Waals surface area contributed by atoms with Gasteiger partial charge in [-0.1, -0.05) is 0 Å². The Hall–Kier alpha value is -2.54. The van der Waals surface area contributed by atoms with Gasteiger partial charge in [-0.05, 0) is 31.5 Å². The van der Waals surface area contributed by atoms with E-state index in [0.29, 0.717) is 35.1 Å². The van der Waals surface area contributed by atoms with Gasteiger partial charge in [0.1, 0.15) is 5.82 Å². The number of fused-ring (bicyclic) bond motifs is 1. The summed E-state index contributed by atoms with van der Waals surface area (Å²) in [4.78, 5) is 30.0. The second-order valence-electron chi connectivity index (χ2n) is 6.26. The summed E-state index contributed by atoms with van der Waals surface area (Å²) in [6.45, 7) is 2.03. The van der Waals surface area contributed by atoms with E-state index in [0.717, 1.165) is 0 Å². The van der Waals surface area contributed by atoms with Gasteiger partial charge in [0.25, 0.3) is 5.91 Å². The van der Waals surface area contributed by atoms with E-state index in [1.165, 1.54) is 12.1 Å². The van der Waals surface area contributed by atoms with Gasteiger partial charge in [-0.2, -0.15) is 0 Å². The van der Waals surface area contributed by atoms with E-state index in [9.17, 15) is 14.0 Å². The quantitative estimate of drug-likeness (QED) is 0.919. The van der Waals surface area contributed by atoms with Crippen molar-refractivity contribution in [1.82, 2.24) is 9.88 Å². The number of aromatic nitrogens is 1. The van der Waals surface area contributed by atoms with Crippen LogP contribution in [0.3, 0.4) is 0 Å². The standard InChI is InChI=1S/C18H19FN2O4/c1-10-15(5-11-3-4-12(19)6-16(11)20-10)18(24)21-9-14(25-2)7-13(21)8-17(22)23/h3-6,13-14H,7-9H2,1-2H3,(H,22,23). The number of aryl methyl sites for hydroxylation is 1. The molecule has 7 heteroatoms. The third kappa shape index (κ3) is 3.46. The summed E-state index contributed by atoms with van der Waals surface area (Å²) in [5.41, 5.74) is 1.36. The molecule has 3 rings (SSSR count). The molecule has 2 unspecified atom stereocenters. The van der Waals surface area contributed by atoms with Crippen LogP contribution in [-0.4, -0.2) is 52.7 Å². The number of carboxylic acid groups (broad SMARTS) is 1. The number of rotatable bonds is 4. The van der Waals surface area contributed by atoms with Crippen molar-refractivity contribution in [2.75, 3.05) is 13.7 Å². The molecule has 0 radical (unpaired) electrons. The van der Waals surface area contributed by atoms with Crippen LogP contribution in [-0.2, 0) is 9.53 Å². The van der Waals surface area contributed by atoms with Crippen molar-refractivity contribution in [2.24, 2.45) is 0 Å². The smallest absolute Gasteiger partial charge is 0.305 e. The molecule has 1 saturated heterocycles. The van der Waals surface area contributed by atoms with Gasteiger partial charge in [-0.25, -0.2) is 4.39 Å². The van der Waals surface area contributed by atoms with Crippen molar-refractivity contribution >= 4 is 22.8 Å². The van der Waals surface area contributed by atoms with E-state index in [1.54, 1.807) is 31.1 Å². The molecule has 132 valence electrons. The normalized spacial score (nSPS) is 20.2. The number of halogens is 1. The van der Waals surface area contributed by atoms with Crippen LogP contribution in [0.5, 0.6) is 0 Å². The number of carbonyl (C=O) groups is 2. The van der Waals surface area contributed by atoms with Crippen LogP contribution >= 0.6 is 0 Å². The molecular formula is C18H19FN2O4. The zero-order chi connectivity index (χ0) is 18.1. The Morgan fingerprint density at radius 3 is 2.84 bits per heavy atom. The number of hydrogen-bond acceptors (Lipinski definition) is 4. The Morgan fingerprint density at radius 1 is 1.40 bits per heavy atom. The van der Waals surface area contributed by atoms with Gasteiger partial charge in [-0.15, -0.1) is 0 Å². The van der Waals surface area contributed by atoms with Crippen molar-refractivity contribution in [1.29, 1.82) is 0 Å². The van der Waals surface area contributed by atoms with Crippen LogP contribution < -0.4 is 0 Å². The average Bonchev–Trinajstić information content (AvgIpc) is 2.95. The summed E-state index contributed by atoms with van der Waals surface area (Å²) in [5, 5.41) is 9.76. The topological polar surface area (TPSA) is 79.7 Å². The first-order valence-corrected chi connectivity index (χ1v) is 8.01. The first-order chi connectivity index (χ1) is 11.9. The molecule has 0 spiro atoms. The zero-order valence-electron chi connectivity index (χ0n) is 14.0. The van der Waals surface area contributed by atoms with Gasteiger partial charge in [0.05, 0.1) is 29.3 Å². The number of likely N-dealkylation sites (tertiary alicyclic amines) is 1. The van der Waals surface area contributed by atoms with E-state index >= 15 is 0 Å². The van der Waals surface area contributed by atoms with Gasteiger partial charge >= 0.3 is 5.97 Å². The number of benzene rings is 1. The van der Waals surface area contributed by atoms with Crippen LogP contribution in [0.4, 0.5) is 4.39 Å². The first-order valence-electron chi connectivity index (χ1n) is 8.01. The minimum absolute atomic E-state index is 0.128. The second-order valence-corrected chi connectivity index (χ2v) is 6.26. The molecule has 0 bridgehead atoms. The van der Waals surface area contributed by atoms with Crippen LogP contribution in [0.25, 0.3) is 10.9 Å². The Bertz CT molecular complexity index is 839. The fourth-order valence-electron chi connectivity index (χ4n) is 3.30. The number of carbonyl (C=O) groups excluding carboxylic acids is 1. The van der Waals surface area contributed by atoms with Crippen molar-refractivity contribution in [3.8, 4) is 0 Å². The van der Waals surface area contributed by atoms with Crippen molar-refractivity contribution in [2.45, 2.75) is 31.9 Å². The Kier molecular flexibility index (Phi) is 4.67. The van der Waals surface area contributed by atoms with E-state index in [-0.39, 0.29) is 24.2 Å². The third-order valence-corrected chi connectivity index (χ3v) is 4.58. The third-order valence-electron chi connectivity index (χ3n) is 4.58. The fourth-order valence-corrected chi connectivity index (χ4v) is 3.30. The van der Waals surface area contributed by atoms with Crippen LogP contribution in [0.1, 0.15) is 28.9 Å². The molecule has 6 nitrogen and oxygen atoms in total. The molecule has 1 N–H and O–H groups in total. The Morgan fingerprint density at radius 2 is 2.16 bits per heavy atom. The lowest BCUT2D eigenvalue weighted by Crippen LogP contribution is -2.37. The maximum Gasteiger partial charge on any atom is 0.305 e. The highest BCUT2D eigenvalue weighted by Crippen LogP contribution is 2.26. The summed E-state index contributed by atoms with van der Waals surface area (Å²) in [5.74, 6) is -1.62. The average molecular weight is 346 g/mol. The van der Waals surface area contributed by atoms with Gasteiger partial charge in [0, 0.05) is 31.1 Å². The zero-order valence-corrected chi connectivity index (χ0v) is 14.0. The molecule has 1 fully saturated rings. The second kappa shape index (κ2) is 6.76. The van der Waals surface area contributed by atoms with Crippen LogP contribution in [0.15, 0.2) is 24.3 Å². The number of amides is 1. The number of carboxylic acids is 1. The molecule has 1 amide bonds. The minimum Gasteiger partial charge on any atom is -0.481 e. The van der Waals surface area contributed by atoms with Gasteiger partial charge < -0.3 is 14.7 Å². The SMILES string of the molecule is COC1CC(CC(=O)O)N(C(=O)c2cc3ccc(F)cc3nc2C)C1. The highest BCUT2D eigenvalue weighted by atomic mass is 19.1. The largest absolute Gasteiger partial charge is 0.481 e.